The molecule has 0 aliphatic heterocycles. The average Bonchev–Trinajstić information content (AvgIpc) is 2.30. The van der Waals surface area contributed by atoms with E-state index in [1.807, 2.05) is 5.32 Å². The number of carbonyl (C=O) groups excluding carboxylic acids is 2. The average molecular weight is 269 g/mol. The molecular formula is C13H13F2NO3. The Hall–Kier alpha value is -2.24. The summed E-state index contributed by atoms with van der Waals surface area (Å²) in [4.78, 5) is 22.5. The van der Waals surface area contributed by atoms with Crippen LogP contribution >= 0.6 is 0 Å². The fourth-order valence-corrected chi connectivity index (χ4v) is 1.21. The molecule has 1 N–H and O–H groups in total. The number of rotatable bonds is 4. The first kappa shape index (κ1) is 14.8. The van der Waals surface area contributed by atoms with Crippen LogP contribution in [0.15, 0.2) is 29.8 Å². The van der Waals surface area contributed by atoms with Crippen LogP contribution in [-0.4, -0.2) is 18.5 Å². The number of ether oxygens (including phenoxy) is 1. The molecule has 0 aliphatic carbocycles. The van der Waals surface area contributed by atoms with Crippen LogP contribution < -0.4 is 5.32 Å². The fraction of sp³-hybridized carbons (Fsp3) is 0.231. The third kappa shape index (κ3) is 4.87. The Labute approximate surface area is 109 Å². The van der Waals surface area contributed by atoms with E-state index in [-0.39, 0.29) is 0 Å². The number of allylic oxidation sites excluding steroid dienone is 1. The Morgan fingerprint density at radius 2 is 1.84 bits per heavy atom. The maximum absolute atomic E-state index is 13.2. The summed E-state index contributed by atoms with van der Waals surface area (Å²) in [6.45, 7) is 2.77. The highest BCUT2D eigenvalue weighted by Crippen LogP contribution is 2.17. The Bertz CT molecular complexity index is 502. The largest absolute Gasteiger partial charge is 0.452 e. The van der Waals surface area contributed by atoms with Gasteiger partial charge in [-0.3, -0.25) is 4.79 Å². The first-order valence-corrected chi connectivity index (χ1v) is 5.45. The number of esters is 1. The molecule has 0 aliphatic rings. The SMILES string of the molecule is CC(C)=CC(=O)OCC(=O)Nc1c(F)cccc1F. The molecule has 4 nitrogen and oxygen atoms in total. The zero-order valence-electron chi connectivity index (χ0n) is 10.5. The molecule has 1 rings (SSSR count). The number of carbonyl (C=O) groups is 2. The highest BCUT2D eigenvalue weighted by Gasteiger charge is 2.12. The molecule has 1 aromatic rings. The molecule has 0 heterocycles. The van der Waals surface area contributed by atoms with Gasteiger partial charge in [0.25, 0.3) is 5.91 Å². The van der Waals surface area contributed by atoms with Gasteiger partial charge >= 0.3 is 5.97 Å². The van der Waals surface area contributed by atoms with Crippen LogP contribution in [0.4, 0.5) is 14.5 Å². The van der Waals surface area contributed by atoms with Crippen LogP contribution in [0.5, 0.6) is 0 Å². The molecule has 0 aromatic heterocycles. The third-order valence-corrected chi connectivity index (χ3v) is 1.98. The lowest BCUT2D eigenvalue weighted by Gasteiger charge is -2.07. The van der Waals surface area contributed by atoms with Crippen molar-refractivity contribution >= 4 is 17.6 Å². The van der Waals surface area contributed by atoms with Crippen LogP contribution in [0.1, 0.15) is 13.8 Å². The highest BCUT2D eigenvalue weighted by atomic mass is 19.1. The second-order valence-electron chi connectivity index (χ2n) is 3.97. The molecule has 0 radical (unpaired) electrons. The standard InChI is InChI=1S/C13H13F2NO3/c1-8(2)6-12(18)19-7-11(17)16-13-9(14)4-3-5-10(13)15/h3-6H,7H2,1-2H3,(H,16,17). The lowest BCUT2D eigenvalue weighted by molar-refractivity contribution is -0.142. The van der Waals surface area contributed by atoms with Crippen LogP contribution in [0.25, 0.3) is 0 Å². The molecular weight excluding hydrogens is 256 g/mol. The number of para-hydroxylation sites is 1. The van der Waals surface area contributed by atoms with E-state index in [2.05, 4.69) is 4.74 Å². The van der Waals surface area contributed by atoms with E-state index in [4.69, 9.17) is 0 Å². The molecule has 1 amide bonds. The molecule has 0 spiro atoms. The molecule has 0 bridgehead atoms. The van der Waals surface area contributed by atoms with Crippen molar-refractivity contribution in [1.29, 1.82) is 0 Å². The molecule has 0 saturated carbocycles. The monoisotopic (exact) mass is 269 g/mol. The Balaban J connectivity index is 2.57. The number of hydrogen-bond acceptors (Lipinski definition) is 3. The number of hydrogen-bond donors (Lipinski definition) is 1. The van der Waals surface area contributed by atoms with Crippen LogP contribution in [0.2, 0.25) is 0 Å². The molecule has 0 unspecified atom stereocenters. The maximum Gasteiger partial charge on any atom is 0.331 e. The topological polar surface area (TPSA) is 55.4 Å². The van der Waals surface area contributed by atoms with Gasteiger partial charge in [0.15, 0.2) is 6.61 Å². The highest BCUT2D eigenvalue weighted by molar-refractivity contribution is 5.94. The molecule has 19 heavy (non-hydrogen) atoms. The number of amides is 1. The van der Waals surface area contributed by atoms with Gasteiger partial charge in [0, 0.05) is 6.08 Å². The van der Waals surface area contributed by atoms with E-state index >= 15 is 0 Å². The van der Waals surface area contributed by atoms with Gasteiger partial charge in [0.2, 0.25) is 0 Å². The second kappa shape index (κ2) is 6.63. The first-order valence-electron chi connectivity index (χ1n) is 5.45. The van der Waals surface area contributed by atoms with Gasteiger partial charge in [-0.15, -0.1) is 0 Å². The summed E-state index contributed by atoms with van der Waals surface area (Å²) in [6.07, 6.45) is 1.21. The molecule has 0 fully saturated rings. The predicted octanol–water partition coefficient (Wildman–Crippen LogP) is 2.41. The molecule has 1 aromatic carbocycles. The summed E-state index contributed by atoms with van der Waals surface area (Å²) in [6, 6.07) is 3.19. The second-order valence-corrected chi connectivity index (χ2v) is 3.97. The van der Waals surface area contributed by atoms with E-state index in [1.165, 1.54) is 12.1 Å². The minimum atomic E-state index is -0.899. The minimum Gasteiger partial charge on any atom is -0.452 e. The van der Waals surface area contributed by atoms with Crippen LogP contribution in [0, 0.1) is 11.6 Å². The van der Waals surface area contributed by atoms with Crippen molar-refractivity contribution in [1.82, 2.24) is 0 Å². The number of nitrogens with one attached hydrogen (secondary N) is 1. The van der Waals surface area contributed by atoms with Crippen molar-refractivity contribution in [3.63, 3.8) is 0 Å². The van der Waals surface area contributed by atoms with E-state index < -0.39 is 35.8 Å². The summed E-state index contributed by atoms with van der Waals surface area (Å²) in [5, 5.41) is 2.00. The normalized spacial score (nSPS) is 9.68. The van der Waals surface area contributed by atoms with Gasteiger partial charge in [-0.1, -0.05) is 11.6 Å². The molecule has 6 heteroatoms. The van der Waals surface area contributed by atoms with Crippen molar-refractivity contribution in [3.8, 4) is 0 Å². The van der Waals surface area contributed by atoms with Crippen molar-refractivity contribution < 1.29 is 23.1 Å². The molecule has 102 valence electrons. The molecule has 0 saturated heterocycles. The quantitative estimate of drug-likeness (QED) is 0.674. The summed E-state index contributed by atoms with van der Waals surface area (Å²) in [5.41, 5.74) is 0.149. The van der Waals surface area contributed by atoms with Gasteiger partial charge in [-0.2, -0.15) is 0 Å². The summed E-state index contributed by atoms with van der Waals surface area (Å²) in [5.74, 6) is -3.31. The summed E-state index contributed by atoms with van der Waals surface area (Å²) in [7, 11) is 0. The number of halogens is 2. The first-order chi connectivity index (χ1) is 8.90. The van der Waals surface area contributed by atoms with Gasteiger partial charge < -0.3 is 10.1 Å². The Morgan fingerprint density at radius 3 is 2.37 bits per heavy atom. The van der Waals surface area contributed by atoms with Gasteiger partial charge in [-0.05, 0) is 26.0 Å². The number of anilines is 1. The fourth-order valence-electron chi connectivity index (χ4n) is 1.21. The third-order valence-electron chi connectivity index (χ3n) is 1.98. The Morgan fingerprint density at radius 1 is 1.26 bits per heavy atom. The zero-order valence-corrected chi connectivity index (χ0v) is 10.5. The smallest absolute Gasteiger partial charge is 0.331 e. The minimum absolute atomic E-state index is 0.564. The zero-order chi connectivity index (χ0) is 14.4. The Kier molecular flexibility index (Phi) is 5.17. The van der Waals surface area contributed by atoms with Gasteiger partial charge in [-0.25, -0.2) is 13.6 Å². The maximum atomic E-state index is 13.2. The lowest BCUT2D eigenvalue weighted by Crippen LogP contribution is -2.21. The van der Waals surface area contributed by atoms with E-state index in [9.17, 15) is 18.4 Å². The van der Waals surface area contributed by atoms with Crippen molar-refractivity contribution in [2.75, 3.05) is 11.9 Å². The molecule has 0 atom stereocenters. The van der Waals surface area contributed by atoms with E-state index in [1.54, 1.807) is 13.8 Å². The van der Waals surface area contributed by atoms with E-state index in [0.717, 1.165) is 12.1 Å². The van der Waals surface area contributed by atoms with Gasteiger partial charge in [0.05, 0.1) is 0 Å². The predicted molar refractivity (Wildman–Crippen MR) is 65.4 cm³/mol. The lowest BCUT2D eigenvalue weighted by atomic mass is 10.3. The van der Waals surface area contributed by atoms with Gasteiger partial charge in [0.1, 0.15) is 17.3 Å². The van der Waals surface area contributed by atoms with Crippen LogP contribution in [0.3, 0.4) is 0 Å². The van der Waals surface area contributed by atoms with Crippen molar-refractivity contribution in [2.24, 2.45) is 0 Å². The van der Waals surface area contributed by atoms with Crippen LogP contribution in [-0.2, 0) is 14.3 Å². The van der Waals surface area contributed by atoms with E-state index in [0.29, 0.717) is 5.57 Å². The van der Waals surface area contributed by atoms with Crippen molar-refractivity contribution in [3.05, 3.63) is 41.5 Å². The summed E-state index contributed by atoms with van der Waals surface area (Å²) < 4.78 is 31.0. The summed E-state index contributed by atoms with van der Waals surface area (Å²) >= 11 is 0. The van der Waals surface area contributed by atoms with Crippen molar-refractivity contribution in [2.45, 2.75) is 13.8 Å². The number of benzene rings is 1.